The molecule has 2 aromatic heterocycles. The first kappa shape index (κ1) is 17.9. The van der Waals surface area contributed by atoms with Crippen LogP contribution >= 0.6 is 11.6 Å². The first-order chi connectivity index (χ1) is 12.5. The van der Waals surface area contributed by atoms with Gasteiger partial charge in [-0.2, -0.15) is 8.78 Å². The summed E-state index contributed by atoms with van der Waals surface area (Å²) in [7, 11) is 0. The van der Waals surface area contributed by atoms with Gasteiger partial charge in [0.25, 0.3) is 11.8 Å². The molecule has 0 spiro atoms. The zero-order valence-electron chi connectivity index (χ0n) is 12.9. The van der Waals surface area contributed by atoms with Gasteiger partial charge in [-0.1, -0.05) is 17.7 Å². The summed E-state index contributed by atoms with van der Waals surface area (Å²) in [6, 6.07) is 7.03. The molecule has 1 amide bonds. The van der Waals surface area contributed by atoms with Crippen LogP contribution in [0.3, 0.4) is 0 Å². The van der Waals surface area contributed by atoms with Crippen LogP contribution in [-0.4, -0.2) is 21.6 Å². The highest BCUT2D eigenvalue weighted by molar-refractivity contribution is 6.31. The molecule has 3 rings (SSSR count). The molecule has 6 nitrogen and oxygen atoms in total. The van der Waals surface area contributed by atoms with Crippen LogP contribution in [-0.2, 0) is 11.3 Å². The van der Waals surface area contributed by atoms with Gasteiger partial charge < -0.3 is 9.32 Å². The van der Waals surface area contributed by atoms with Crippen molar-refractivity contribution in [1.82, 2.24) is 15.2 Å². The fourth-order valence-electron chi connectivity index (χ4n) is 2.12. The van der Waals surface area contributed by atoms with Crippen LogP contribution in [0.5, 0.6) is 0 Å². The highest BCUT2D eigenvalue weighted by Crippen LogP contribution is 2.24. The average molecular weight is 383 g/mol. The molecule has 10 heteroatoms. The Balaban J connectivity index is 1.76. The molecule has 0 atom stereocenters. The van der Waals surface area contributed by atoms with Gasteiger partial charge in [0.1, 0.15) is 11.5 Å². The first-order valence-electron chi connectivity index (χ1n) is 7.22. The summed E-state index contributed by atoms with van der Waals surface area (Å²) in [5, 5.41) is 6.63. The quantitative estimate of drug-likeness (QED) is 0.602. The Morgan fingerprint density at radius 3 is 2.62 bits per heavy atom. The second-order valence-electron chi connectivity index (χ2n) is 5.13. The van der Waals surface area contributed by atoms with Gasteiger partial charge in [-0.25, -0.2) is 4.39 Å². The molecule has 26 heavy (non-hydrogen) atoms. The third-order valence-corrected chi connectivity index (χ3v) is 3.68. The highest BCUT2D eigenvalue weighted by atomic mass is 35.5. The van der Waals surface area contributed by atoms with Crippen molar-refractivity contribution in [2.45, 2.75) is 13.0 Å². The number of benzene rings is 1. The van der Waals surface area contributed by atoms with E-state index < -0.39 is 18.1 Å². The second kappa shape index (κ2) is 7.52. The summed E-state index contributed by atoms with van der Waals surface area (Å²) in [4.78, 5) is 16.7. The number of hydrogen-bond donors (Lipinski definition) is 0. The summed E-state index contributed by atoms with van der Waals surface area (Å²) in [5.74, 6) is -1.51. The van der Waals surface area contributed by atoms with Gasteiger partial charge in [-0.15, -0.1) is 10.2 Å². The van der Waals surface area contributed by atoms with E-state index >= 15 is 0 Å². The largest absolute Gasteiger partial charge is 0.414 e. The van der Waals surface area contributed by atoms with Crippen molar-refractivity contribution in [1.29, 1.82) is 0 Å². The molecule has 2 heterocycles. The van der Waals surface area contributed by atoms with E-state index in [1.54, 1.807) is 6.07 Å². The van der Waals surface area contributed by atoms with Crippen molar-refractivity contribution in [3.63, 3.8) is 0 Å². The molecule has 0 bridgehead atoms. The van der Waals surface area contributed by atoms with Crippen molar-refractivity contribution in [2.24, 2.45) is 0 Å². The number of alkyl halides is 2. The lowest BCUT2D eigenvalue weighted by Crippen LogP contribution is -2.20. The van der Waals surface area contributed by atoms with Gasteiger partial charge in [0.2, 0.25) is 6.41 Å². The Morgan fingerprint density at radius 1 is 1.23 bits per heavy atom. The Kier molecular flexibility index (Phi) is 5.17. The molecule has 0 aliphatic carbocycles. The lowest BCUT2D eigenvalue weighted by Gasteiger charge is -2.17. The van der Waals surface area contributed by atoms with Gasteiger partial charge in [0.05, 0.1) is 11.6 Å². The monoisotopic (exact) mass is 382 g/mol. The Bertz CT molecular complexity index is 918. The van der Waals surface area contributed by atoms with E-state index in [0.717, 1.165) is 6.07 Å². The molecule has 1 aromatic carbocycles. The van der Waals surface area contributed by atoms with Gasteiger partial charge >= 0.3 is 6.43 Å². The predicted octanol–water partition coefficient (Wildman–Crippen LogP) is 4.02. The van der Waals surface area contributed by atoms with Crippen LogP contribution in [0.2, 0.25) is 5.02 Å². The normalized spacial score (nSPS) is 11.0. The maximum atomic E-state index is 13.2. The van der Waals surface area contributed by atoms with Gasteiger partial charge in [0.15, 0.2) is 0 Å². The SMILES string of the molecule is O=CN(Cc1ccc(-c2nnc(C(F)F)o2)nc1)c1ccc(F)c(Cl)c1. The molecule has 0 aliphatic rings. The topological polar surface area (TPSA) is 72.1 Å². The number of aromatic nitrogens is 3. The van der Waals surface area contributed by atoms with Gasteiger partial charge in [0, 0.05) is 11.9 Å². The maximum absolute atomic E-state index is 13.2. The molecule has 134 valence electrons. The lowest BCUT2D eigenvalue weighted by atomic mass is 10.2. The lowest BCUT2D eigenvalue weighted by molar-refractivity contribution is -0.107. The Hall–Kier alpha value is -2.94. The molecule has 0 saturated carbocycles. The number of anilines is 1. The molecule has 0 radical (unpaired) electrons. The molecular formula is C16H10ClF3N4O2. The van der Waals surface area contributed by atoms with Crippen LogP contribution in [0.4, 0.5) is 18.9 Å². The van der Waals surface area contributed by atoms with Crippen LogP contribution in [0.15, 0.2) is 40.9 Å². The summed E-state index contributed by atoms with van der Waals surface area (Å²) >= 11 is 5.72. The van der Waals surface area contributed by atoms with E-state index in [4.69, 9.17) is 16.0 Å². The van der Waals surface area contributed by atoms with Gasteiger partial charge in [-0.05, 0) is 29.8 Å². The molecule has 0 unspecified atom stereocenters. The third-order valence-electron chi connectivity index (χ3n) is 3.39. The summed E-state index contributed by atoms with van der Waals surface area (Å²) in [6.07, 6.45) is -0.854. The van der Waals surface area contributed by atoms with Crippen LogP contribution < -0.4 is 4.90 Å². The number of rotatable bonds is 6. The molecule has 0 fully saturated rings. The summed E-state index contributed by atoms with van der Waals surface area (Å²) < 4.78 is 43.0. The van der Waals surface area contributed by atoms with Crippen molar-refractivity contribution < 1.29 is 22.4 Å². The van der Waals surface area contributed by atoms with Crippen LogP contribution in [0, 0.1) is 5.82 Å². The number of halogens is 4. The number of hydrogen-bond acceptors (Lipinski definition) is 5. The molecule has 0 aliphatic heterocycles. The van der Waals surface area contributed by atoms with E-state index in [2.05, 4.69) is 15.2 Å². The predicted molar refractivity (Wildman–Crippen MR) is 86.1 cm³/mol. The third kappa shape index (κ3) is 3.83. The van der Waals surface area contributed by atoms with Crippen molar-refractivity contribution in [3.8, 4) is 11.6 Å². The van der Waals surface area contributed by atoms with E-state index in [9.17, 15) is 18.0 Å². The van der Waals surface area contributed by atoms with E-state index in [1.807, 2.05) is 0 Å². The van der Waals surface area contributed by atoms with E-state index in [-0.39, 0.29) is 23.2 Å². The standard InChI is InChI=1S/C16H10ClF3N4O2/c17-11-5-10(2-3-12(11)18)24(8-25)7-9-1-4-13(21-6-9)15-22-23-16(26-15)14(19)20/h1-6,8,14H,7H2. The number of nitrogens with zero attached hydrogens (tertiary/aromatic N) is 4. The smallest absolute Gasteiger partial charge is 0.314 e. The molecule has 0 saturated heterocycles. The summed E-state index contributed by atoms with van der Waals surface area (Å²) in [6.45, 7) is 0.144. The first-order valence-corrected chi connectivity index (χ1v) is 7.59. The number of pyridine rings is 1. The van der Waals surface area contributed by atoms with E-state index in [0.29, 0.717) is 17.7 Å². The second-order valence-corrected chi connectivity index (χ2v) is 5.54. The number of carbonyl (C=O) groups is 1. The van der Waals surface area contributed by atoms with Crippen LogP contribution in [0.25, 0.3) is 11.6 Å². The van der Waals surface area contributed by atoms with Gasteiger partial charge in [-0.3, -0.25) is 9.78 Å². The number of amides is 1. The van der Waals surface area contributed by atoms with Crippen molar-refractivity contribution in [3.05, 3.63) is 58.8 Å². The fraction of sp³-hybridized carbons (Fsp3) is 0.125. The Morgan fingerprint density at radius 2 is 2.04 bits per heavy atom. The minimum absolute atomic E-state index is 0.103. The zero-order valence-corrected chi connectivity index (χ0v) is 13.7. The molecule has 0 N–H and O–H groups in total. The minimum Gasteiger partial charge on any atom is -0.414 e. The summed E-state index contributed by atoms with van der Waals surface area (Å²) in [5.41, 5.74) is 1.26. The van der Waals surface area contributed by atoms with Crippen molar-refractivity contribution >= 4 is 23.7 Å². The molecule has 3 aromatic rings. The van der Waals surface area contributed by atoms with E-state index in [1.165, 1.54) is 29.3 Å². The van der Waals surface area contributed by atoms with Crippen molar-refractivity contribution in [2.75, 3.05) is 4.90 Å². The minimum atomic E-state index is -2.86. The average Bonchev–Trinajstić information content (AvgIpc) is 3.13. The number of carbonyl (C=O) groups excluding carboxylic acids is 1. The molecular weight excluding hydrogens is 373 g/mol. The fourth-order valence-corrected chi connectivity index (χ4v) is 2.30. The zero-order chi connectivity index (χ0) is 18.7. The highest BCUT2D eigenvalue weighted by Gasteiger charge is 2.17. The Labute approximate surface area is 150 Å². The van der Waals surface area contributed by atoms with Crippen LogP contribution in [0.1, 0.15) is 17.9 Å². The maximum Gasteiger partial charge on any atom is 0.314 e.